The summed E-state index contributed by atoms with van der Waals surface area (Å²) in [6.45, 7) is 4.29. The molecule has 0 heterocycles. The molecule has 6 nitrogen and oxygen atoms in total. The lowest BCUT2D eigenvalue weighted by atomic mass is 10.0. The van der Waals surface area contributed by atoms with E-state index in [1.165, 1.54) is 0 Å². The SMILES string of the molecule is CC(C)CC(NC(=O)CCCNC(=O)C1CC1)C(=O)O. The summed E-state index contributed by atoms with van der Waals surface area (Å²) in [5.41, 5.74) is 0. The first kappa shape index (κ1) is 16.5. The lowest BCUT2D eigenvalue weighted by Gasteiger charge is -2.16. The second-order valence-corrected chi connectivity index (χ2v) is 5.76. The van der Waals surface area contributed by atoms with Crippen LogP contribution in [-0.2, 0) is 14.4 Å². The normalized spacial score (nSPS) is 15.8. The summed E-state index contributed by atoms with van der Waals surface area (Å²) in [6.07, 6.45) is 3.09. The number of carboxylic acid groups (broad SMARTS) is 1. The molecule has 1 aliphatic carbocycles. The van der Waals surface area contributed by atoms with Gasteiger partial charge in [-0.2, -0.15) is 0 Å². The van der Waals surface area contributed by atoms with E-state index in [0.717, 1.165) is 12.8 Å². The Labute approximate surface area is 119 Å². The van der Waals surface area contributed by atoms with Crippen LogP contribution in [0.5, 0.6) is 0 Å². The molecule has 0 radical (unpaired) electrons. The summed E-state index contributed by atoms with van der Waals surface area (Å²) < 4.78 is 0. The van der Waals surface area contributed by atoms with Crippen molar-refractivity contribution >= 4 is 17.8 Å². The van der Waals surface area contributed by atoms with Gasteiger partial charge in [-0.25, -0.2) is 4.79 Å². The van der Waals surface area contributed by atoms with Gasteiger partial charge in [0.2, 0.25) is 11.8 Å². The van der Waals surface area contributed by atoms with Crippen molar-refractivity contribution in [3.8, 4) is 0 Å². The molecular weight excluding hydrogens is 260 g/mol. The van der Waals surface area contributed by atoms with Gasteiger partial charge in [-0.3, -0.25) is 9.59 Å². The number of carboxylic acids is 1. The third kappa shape index (κ3) is 6.54. The van der Waals surface area contributed by atoms with E-state index in [2.05, 4.69) is 10.6 Å². The van der Waals surface area contributed by atoms with Gasteiger partial charge in [-0.1, -0.05) is 13.8 Å². The predicted molar refractivity (Wildman–Crippen MR) is 74.0 cm³/mol. The minimum atomic E-state index is -1.01. The number of hydrogen-bond donors (Lipinski definition) is 3. The third-order valence-electron chi connectivity index (χ3n) is 3.17. The Hall–Kier alpha value is -1.59. The van der Waals surface area contributed by atoms with Crippen LogP contribution in [0.1, 0.15) is 46.0 Å². The molecule has 20 heavy (non-hydrogen) atoms. The van der Waals surface area contributed by atoms with Crippen molar-refractivity contribution < 1.29 is 19.5 Å². The minimum absolute atomic E-state index is 0.0635. The van der Waals surface area contributed by atoms with Crippen molar-refractivity contribution in [2.45, 2.75) is 52.0 Å². The summed E-state index contributed by atoms with van der Waals surface area (Å²) in [5.74, 6) is -0.845. The Morgan fingerprint density at radius 3 is 2.40 bits per heavy atom. The fourth-order valence-corrected chi connectivity index (χ4v) is 1.91. The molecule has 1 atom stereocenters. The molecule has 6 heteroatoms. The summed E-state index contributed by atoms with van der Waals surface area (Å²) in [4.78, 5) is 34.0. The molecular formula is C14H24N2O4. The van der Waals surface area contributed by atoms with Gasteiger partial charge in [-0.15, -0.1) is 0 Å². The van der Waals surface area contributed by atoms with Crippen LogP contribution >= 0.6 is 0 Å². The first-order valence-electron chi connectivity index (χ1n) is 7.20. The summed E-state index contributed by atoms with van der Waals surface area (Å²) in [5, 5.41) is 14.3. The number of carbonyl (C=O) groups is 3. The number of nitrogens with one attached hydrogen (secondary N) is 2. The fourth-order valence-electron chi connectivity index (χ4n) is 1.91. The molecule has 1 fully saturated rings. The van der Waals surface area contributed by atoms with Crippen LogP contribution in [0.3, 0.4) is 0 Å². The van der Waals surface area contributed by atoms with Crippen LogP contribution in [0.4, 0.5) is 0 Å². The average molecular weight is 284 g/mol. The largest absolute Gasteiger partial charge is 0.480 e. The molecule has 0 aliphatic heterocycles. The first-order chi connectivity index (χ1) is 9.40. The molecule has 0 aromatic rings. The molecule has 0 spiro atoms. The topological polar surface area (TPSA) is 95.5 Å². The van der Waals surface area contributed by atoms with Crippen LogP contribution in [0.25, 0.3) is 0 Å². The van der Waals surface area contributed by atoms with Crippen molar-refractivity contribution in [3.63, 3.8) is 0 Å². The first-order valence-corrected chi connectivity index (χ1v) is 7.20. The van der Waals surface area contributed by atoms with Crippen LogP contribution < -0.4 is 10.6 Å². The van der Waals surface area contributed by atoms with E-state index < -0.39 is 12.0 Å². The molecule has 114 valence electrons. The molecule has 0 saturated heterocycles. The molecule has 0 aromatic heterocycles. The van der Waals surface area contributed by atoms with Crippen LogP contribution in [0, 0.1) is 11.8 Å². The highest BCUT2D eigenvalue weighted by atomic mass is 16.4. The van der Waals surface area contributed by atoms with Gasteiger partial charge in [0.1, 0.15) is 6.04 Å². The van der Waals surface area contributed by atoms with Gasteiger partial charge >= 0.3 is 5.97 Å². The second-order valence-electron chi connectivity index (χ2n) is 5.76. The third-order valence-corrected chi connectivity index (χ3v) is 3.17. The number of rotatable bonds is 9. The Bertz CT molecular complexity index is 364. The summed E-state index contributed by atoms with van der Waals surface area (Å²) in [6, 6.07) is -0.830. The smallest absolute Gasteiger partial charge is 0.326 e. The molecule has 1 rings (SSSR count). The maximum absolute atomic E-state index is 11.6. The fraction of sp³-hybridized carbons (Fsp3) is 0.786. The van der Waals surface area contributed by atoms with Gasteiger partial charge in [0.15, 0.2) is 0 Å². The van der Waals surface area contributed by atoms with E-state index in [4.69, 9.17) is 5.11 Å². The molecule has 1 unspecified atom stereocenters. The highest BCUT2D eigenvalue weighted by Gasteiger charge is 2.29. The molecule has 3 N–H and O–H groups in total. The van der Waals surface area contributed by atoms with Crippen molar-refractivity contribution in [3.05, 3.63) is 0 Å². The maximum Gasteiger partial charge on any atom is 0.326 e. The second kappa shape index (κ2) is 7.87. The van der Waals surface area contributed by atoms with E-state index >= 15 is 0 Å². The van der Waals surface area contributed by atoms with Crippen LogP contribution in [-0.4, -0.2) is 35.5 Å². The van der Waals surface area contributed by atoms with Gasteiger partial charge in [-0.05, 0) is 31.6 Å². The van der Waals surface area contributed by atoms with Crippen molar-refractivity contribution in [2.24, 2.45) is 11.8 Å². The highest BCUT2D eigenvalue weighted by molar-refractivity contribution is 5.83. The Morgan fingerprint density at radius 1 is 1.25 bits per heavy atom. The van der Waals surface area contributed by atoms with Gasteiger partial charge in [0.05, 0.1) is 0 Å². The number of amides is 2. The maximum atomic E-state index is 11.6. The van der Waals surface area contributed by atoms with E-state index in [1.807, 2.05) is 13.8 Å². The molecule has 0 bridgehead atoms. The van der Waals surface area contributed by atoms with Crippen LogP contribution in [0.2, 0.25) is 0 Å². The van der Waals surface area contributed by atoms with Crippen molar-refractivity contribution in [1.29, 1.82) is 0 Å². The summed E-state index contributed by atoms with van der Waals surface area (Å²) >= 11 is 0. The standard InChI is InChI=1S/C14H24N2O4/c1-9(2)8-11(14(19)20)16-12(17)4-3-7-15-13(18)10-5-6-10/h9-11H,3-8H2,1-2H3,(H,15,18)(H,16,17)(H,19,20). The lowest BCUT2D eigenvalue weighted by molar-refractivity contribution is -0.142. The minimum Gasteiger partial charge on any atom is -0.480 e. The monoisotopic (exact) mass is 284 g/mol. The van der Waals surface area contributed by atoms with Gasteiger partial charge < -0.3 is 15.7 Å². The quantitative estimate of drug-likeness (QED) is 0.548. The van der Waals surface area contributed by atoms with E-state index in [0.29, 0.717) is 19.4 Å². The average Bonchev–Trinajstić information content (AvgIpc) is 3.17. The zero-order valence-corrected chi connectivity index (χ0v) is 12.1. The Balaban J connectivity index is 2.16. The zero-order valence-electron chi connectivity index (χ0n) is 12.1. The Morgan fingerprint density at radius 2 is 1.90 bits per heavy atom. The lowest BCUT2D eigenvalue weighted by Crippen LogP contribution is -2.41. The molecule has 1 saturated carbocycles. The van der Waals surface area contributed by atoms with Crippen molar-refractivity contribution in [2.75, 3.05) is 6.54 Å². The molecule has 0 aromatic carbocycles. The number of aliphatic carboxylic acids is 1. The molecule has 2 amide bonds. The predicted octanol–water partition coefficient (Wildman–Crippen LogP) is 0.908. The summed E-state index contributed by atoms with van der Waals surface area (Å²) in [7, 11) is 0. The van der Waals surface area contributed by atoms with E-state index in [-0.39, 0.29) is 30.1 Å². The van der Waals surface area contributed by atoms with Gasteiger partial charge in [0.25, 0.3) is 0 Å². The van der Waals surface area contributed by atoms with Crippen molar-refractivity contribution in [1.82, 2.24) is 10.6 Å². The zero-order chi connectivity index (χ0) is 15.1. The van der Waals surface area contributed by atoms with E-state index in [9.17, 15) is 14.4 Å². The Kier molecular flexibility index (Phi) is 6.48. The van der Waals surface area contributed by atoms with Crippen LogP contribution in [0.15, 0.2) is 0 Å². The number of carbonyl (C=O) groups excluding carboxylic acids is 2. The van der Waals surface area contributed by atoms with Gasteiger partial charge in [0, 0.05) is 18.9 Å². The number of hydrogen-bond acceptors (Lipinski definition) is 3. The highest BCUT2D eigenvalue weighted by Crippen LogP contribution is 2.28. The van der Waals surface area contributed by atoms with E-state index in [1.54, 1.807) is 0 Å². The molecule has 1 aliphatic rings.